The fraction of sp³-hybridized carbons (Fsp3) is 0.226. The molecule has 0 radical (unpaired) electrons. The van der Waals surface area contributed by atoms with Gasteiger partial charge in [0.05, 0.1) is 18.4 Å². The number of aryl methyl sites for hydroxylation is 1. The van der Waals surface area contributed by atoms with Crippen molar-refractivity contribution in [2.24, 2.45) is 7.05 Å². The molecule has 41 heavy (non-hydrogen) atoms. The number of hydrogen-bond donors (Lipinski definition) is 3. The normalized spacial score (nSPS) is 13.5. The van der Waals surface area contributed by atoms with Crippen molar-refractivity contribution in [3.05, 3.63) is 107 Å². The van der Waals surface area contributed by atoms with Crippen LogP contribution in [0, 0.1) is 0 Å². The zero-order chi connectivity index (χ0) is 28.9. The summed E-state index contributed by atoms with van der Waals surface area (Å²) in [6, 6.07) is 23.9. The van der Waals surface area contributed by atoms with E-state index in [1.807, 2.05) is 78.9 Å². The Morgan fingerprint density at radius 3 is 2.20 bits per heavy atom. The van der Waals surface area contributed by atoms with Crippen LogP contribution in [0.5, 0.6) is 0 Å². The van der Waals surface area contributed by atoms with Gasteiger partial charge in [-0.3, -0.25) is 14.8 Å². The summed E-state index contributed by atoms with van der Waals surface area (Å²) < 4.78 is 12.6. The topological polar surface area (TPSA) is 132 Å². The van der Waals surface area contributed by atoms with Gasteiger partial charge in [0.1, 0.15) is 6.61 Å². The van der Waals surface area contributed by atoms with Crippen LogP contribution in [0.4, 0.5) is 10.5 Å². The fourth-order valence-electron chi connectivity index (χ4n) is 4.98. The van der Waals surface area contributed by atoms with Crippen molar-refractivity contribution in [3.63, 3.8) is 0 Å². The van der Waals surface area contributed by atoms with E-state index in [0.717, 1.165) is 27.8 Å². The first kappa shape index (κ1) is 27.6. The molecular weight excluding hydrogens is 524 g/mol. The van der Waals surface area contributed by atoms with Gasteiger partial charge in [-0.1, -0.05) is 78.9 Å². The van der Waals surface area contributed by atoms with Crippen LogP contribution in [0.3, 0.4) is 0 Å². The van der Waals surface area contributed by atoms with Crippen molar-refractivity contribution in [1.29, 1.82) is 0 Å². The number of aromatic nitrogens is 2. The Hall–Kier alpha value is -4.96. The lowest BCUT2D eigenvalue weighted by Gasteiger charge is -2.22. The van der Waals surface area contributed by atoms with Crippen LogP contribution in [0.25, 0.3) is 11.1 Å². The van der Waals surface area contributed by atoms with E-state index in [2.05, 4.69) is 15.7 Å². The average molecular weight is 555 g/mol. The van der Waals surface area contributed by atoms with Gasteiger partial charge in [0.15, 0.2) is 11.7 Å². The maximum atomic E-state index is 13.1. The maximum absolute atomic E-state index is 13.1. The third-order valence-electron chi connectivity index (χ3n) is 7.00. The minimum Gasteiger partial charge on any atom is -0.480 e. The molecule has 2 atom stereocenters. The molecule has 3 N–H and O–H groups in total. The number of fused-ring (bicyclic) bond motifs is 3. The molecule has 10 heteroatoms. The quantitative estimate of drug-likeness (QED) is 0.262. The van der Waals surface area contributed by atoms with Crippen molar-refractivity contribution >= 4 is 23.7 Å². The number of ether oxygens (including phenoxy) is 2. The lowest BCUT2D eigenvalue weighted by molar-refractivity contribution is -0.143. The molecule has 4 aromatic rings. The number of anilines is 1. The molecule has 0 aliphatic heterocycles. The lowest BCUT2D eigenvalue weighted by Crippen LogP contribution is -2.48. The highest BCUT2D eigenvalue weighted by Crippen LogP contribution is 2.44. The smallest absolute Gasteiger partial charge is 0.411 e. The Bertz CT molecular complexity index is 1520. The summed E-state index contributed by atoms with van der Waals surface area (Å²) in [5.41, 5.74) is 5.18. The maximum Gasteiger partial charge on any atom is 0.411 e. The summed E-state index contributed by atoms with van der Waals surface area (Å²) in [6.45, 7) is 1.84. The molecule has 2 amide bonds. The second kappa shape index (κ2) is 12.1. The van der Waals surface area contributed by atoms with E-state index in [0.29, 0.717) is 0 Å². The van der Waals surface area contributed by atoms with Crippen LogP contribution in [-0.4, -0.2) is 51.6 Å². The number of aliphatic carboxylic acids is 1. The summed E-state index contributed by atoms with van der Waals surface area (Å²) in [5.74, 6) is -2.17. The summed E-state index contributed by atoms with van der Waals surface area (Å²) in [5, 5.41) is 18.9. The van der Waals surface area contributed by atoms with E-state index in [1.165, 1.54) is 10.9 Å². The highest BCUT2D eigenvalue weighted by atomic mass is 16.5. The van der Waals surface area contributed by atoms with Gasteiger partial charge in [0.25, 0.3) is 5.91 Å². The molecule has 3 aromatic carbocycles. The molecule has 0 saturated heterocycles. The second-order valence-electron chi connectivity index (χ2n) is 9.81. The number of carbonyl (C=O) groups excluding carboxylic acids is 2. The lowest BCUT2D eigenvalue weighted by atomic mass is 9.98. The highest BCUT2D eigenvalue weighted by molar-refractivity contribution is 6.02. The van der Waals surface area contributed by atoms with E-state index < -0.39 is 30.1 Å². The number of nitrogens with zero attached hydrogens (tertiary/aromatic N) is 2. The molecule has 1 aliphatic rings. The van der Waals surface area contributed by atoms with Gasteiger partial charge in [0.2, 0.25) is 0 Å². The molecule has 1 aliphatic carbocycles. The SMILES string of the molecule is CC(OCc1ccccc1)C(NC(=O)c1nn(C)cc1NC(=O)OCC1c2ccccc2-c2ccccc21)C(=O)O. The third kappa shape index (κ3) is 6.12. The van der Waals surface area contributed by atoms with Gasteiger partial charge in [-0.2, -0.15) is 5.10 Å². The Labute approximate surface area is 236 Å². The van der Waals surface area contributed by atoms with Crippen LogP contribution in [-0.2, 0) is 27.9 Å². The zero-order valence-electron chi connectivity index (χ0n) is 22.6. The van der Waals surface area contributed by atoms with Gasteiger partial charge < -0.3 is 19.9 Å². The van der Waals surface area contributed by atoms with E-state index in [4.69, 9.17) is 9.47 Å². The van der Waals surface area contributed by atoms with E-state index in [1.54, 1.807) is 14.0 Å². The van der Waals surface area contributed by atoms with Crippen LogP contribution < -0.4 is 10.6 Å². The average Bonchev–Trinajstić information content (AvgIpc) is 3.50. The van der Waals surface area contributed by atoms with Crippen molar-refractivity contribution < 1.29 is 29.0 Å². The van der Waals surface area contributed by atoms with Crippen molar-refractivity contribution in [1.82, 2.24) is 15.1 Å². The number of carbonyl (C=O) groups is 3. The van der Waals surface area contributed by atoms with Gasteiger partial charge in [-0.25, -0.2) is 9.59 Å². The minimum atomic E-state index is -1.35. The number of benzene rings is 3. The number of amides is 2. The van der Waals surface area contributed by atoms with Gasteiger partial charge in [-0.15, -0.1) is 0 Å². The van der Waals surface area contributed by atoms with Crippen LogP contribution >= 0.6 is 0 Å². The number of carboxylic acids is 1. The highest BCUT2D eigenvalue weighted by Gasteiger charge is 2.31. The van der Waals surface area contributed by atoms with Crippen LogP contribution in [0.2, 0.25) is 0 Å². The molecule has 1 aromatic heterocycles. The molecule has 210 valence electrons. The van der Waals surface area contributed by atoms with Crippen LogP contribution in [0.15, 0.2) is 85.1 Å². The van der Waals surface area contributed by atoms with Crippen molar-refractivity contribution in [2.45, 2.75) is 31.6 Å². The first-order valence-electron chi connectivity index (χ1n) is 13.2. The van der Waals surface area contributed by atoms with Gasteiger partial charge >= 0.3 is 12.1 Å². The molecule has 0 saturated carbocycles. The molecule has 5 rings (SSSR count). The molecule has 0 spiro atoms. The largest absolute Gasteiger partial charge is 0.480 e. The number of carboxylic acid groups (broad SMARTS) is 1. The van der Waals surface area contributed by atoms with Crippen molar-refractivity contribution in [3.8, 4) is 11.1 Å². The summed E-state index contributed by atoms with van der Waals surface area (Å²) in [4.78, 5) is 37.9. The zero-order valence-corrected chi connectivity index (χ0v) is 22.6. The van der Waals surface area contributed by atoms with E-state index in [9.17, 15) is 19.5 Å². The Morgan fingerprint density at radius 1 is 0.951 bits per heavy atom. The first-order valence-corrected chi connectivity index (χ1v) is 13.2. The minimum absolute atomic E-state index is 0.0872. The molecule has 10 nitrogen and oxygen atoms in total. The number of rotatable bonds is 10. The monoisotopic (exact) mass is 554 g/mol. The molecule has 0 bridgehead atoms. The first-order chi connectivity index (χ1) is 19.8. The van der Waals surface area contributed by atoms with E-state index >= 15 is 0 Å². The van der Waals surface area contributed by atoms with Gasteiger partial charge in [-0.05, 0) is 34.7 Å². The summed E-state index contributed by atoms with van der Waals surface area (Å²) in [7, 11) is 1.58. The fourth-order valence-corrected chi connectivity index (χ4v) is 4.98. The number of hydrogen-bond acceptors (Lipinski definition) is 6. The van der Waals surface area contributed by atoms with Gasteiger partial charge in [0, 0.05) is 19.2 Å². The molecular formula is C31H30N4O6. The van der Waals surface area contributed by atoms with Crippen LogP contribution in [0.1, 0.15) is 40.0 Å². The standard InChI is InChI=1S/C31H30N4O6/c1-19(40-17-20-10-4-3-5-11-20)27(30(37)38)33-29(36)28-26(16-35(2)34-28)32-31(39)41-18-25-23-14-8-6-12-21(23)22-13-7-9-15-24(22)25/h3-16,19,25,27H,17-18H2,1-2H3,(H,32,39)(H,33,36)(H,37,38). The predicted octanol–water partition coefficient (Wildman–Crippen LogP) is 4.57. The van der Waals surface area contributed by atoms with Crippen molar-refractivity contribution in [2.75, 3.05) is 11.9 Å². The molecule has 0 fully saturated rings. The Morgan fingerprint density at radius 2 is 1.56 bits per heavy atom. The second-order valence-corrected chi connectivity index (χ2v) is 9.81. The molecule has 1 heterocycles. The Balaban J connectivity index is 1.23. The predicted molar refractivity (Wildman–Crippen MR) is 151 cm³/mol. The Kier molecular flexibility index (Phi) is 8.11. The van der Waals surface area contributed by atoms with E-state index in [-0.39, 0.29) is 30.5 Å². The number of nitrogens with one attached hydrogen (secondary N) is 2. The summed E-state index contributed by atoms with van der Waals surface area (Å²) in [6.07, 6.45) is -0.163. The third-order valence-corrected chi connectivity index (χ3v) is 7.00. The molecule has 2 unspecified atom stereocenters. The summed E-state index contributed by atoms with van der Waals surface area (Å²) >= 11 is 0.